The van der Waals surface area contributed by atoms with E-state index in [0.29, 0.717) is 17.6 Å². The topological polar surface area (TPSA) is 18.5 Å². The molecule has 2 unspecified atom stereocenters. The van der Waals surface area contributed by atoms with Crippen molar-refractivity contribution in [2.45, 2.75) is 90.1 Å². The zero-order valence-corrected chi connectivity index (χ0v) is 12.5. The Kier molecular flexibility index (Phi) is 4.00. The lowest BCUT2D eigenvalue weighted by Gasteiger charge is -2.30. The molecule has 19 heavy (non-hydrogen) atoms. The van der Waals surface area contributed by atoms with E-state index in [2.05, 4.69) is 19.9 Å². The molecule has 0 spiro atoms. The average molecular weight is 264 g/mol. The summed E-state index contributed by atoms with van der Waals surface area (Å²) in [5, 5.41) is 0. The second kappa shape index (κ2) is 5.57. The van der Waals surface area contributed by atoms with Crippen LogP contribution in [0.3, 0.4) is 0 Å². The van der Waals surface area contributed by atoms with Crippen LogP contribution in [0.1, 0.15) is 71.6 Å². The van der Waals surface area contributed by atoms with Crippen molar-refractivity contribution in [2.24, 2.45) is 5.41 Å². The van der Waals surface area contributed by atoms with Crippen LogP contribution in [0.5, 0.6) is 0 Å². The van der Waals surface area contributed by atoms with Gasteiger partial charge in [-0.05, 0) is 43.9 Å². The molecule has 2 nitrogen and oxygen atoms in total. The lowest BCUT2D eigenvalue weighted by atomic mass is 9.75. The maximum Gasteiger partial charge on any atom is 0.162 e. The van der Waals surface area contributed by atoms with Crippen LogP contribution in [-0.2, 0) is 9.47 Å². The van der Waals surface area contributed by atoms with Crippen molar-refractivity contribution >= 4 is 0 Å². The molecule has 1 saturated heterocycles. The van der Waals surface area contributed by atoms with E-state index in [1.165, 1.54) is 51.4 Å². The summed E-state index contributed by atoms with van der Waals surface area (Å²) in [6.07, 6.45) is 14.4. The summed E-state index contributed by atoms with van der Waals surface area (Å²) in [7, 11) is 0. The number of allylic oxidation sites excluding steroid dienone is 1. The lowest BCUT2D eigenvalue weighted by molar-refractivity contribution is -0.0618. The summed E-state index contributed by atoms with van der Waals surface area (Å²) in [4.78, 5) is 0. The minimum atomic E-state index is 0.0375. The largest absolute Gasteiger partial charge is 0.346 e. The monoisotopic (exact) mass is 264 g/mol. The molecule has 2 saturated carbocycles. The molecule has 0 aromatic carbocycles. The third-order valence-electron chi connectivity index (χ3n) is 5.14. The Labute approximate surface area is 117 Å². The number of ether oxygens (including phenoxy) is 2. The molecule has 3 aliphatic rings. The Bertz CT molecular complexity index is 319. The van der Waals surface area contributed by atoms with Gasteiger partial charge in [0.25, 0.3) is 0 Å². The van der Waals surface area contributed by atoms with Crippen LogP contribution in [0.25, 0.3) is 0 Å². The zero-order chi connectivity index (χ0) is 13.3. The molecule has 1 aliphatic heterocycles. The van der Waals surface area contributed by atoms with Gasteiger partial charge in [0.15, 0.2) is 6.29 Å². The normalized spacial score (nSPS) is 38.0. The van der Waals surface area contributed by atoms with Crippen molar-refractivity contribution in [1.82, 2.24) is 0 Å². The highest BCUT2D eigenvalue weighted by Crippen LogP contribution is 2.38. The van der Waals surface area contributed by atoms with Crippen LogP contribution in [0, 0.1) is 5.41 Å². The fraction of sp³-hybridized carbons (Fsp3) is 0.882. The SMILES string of the molecule is CC1(C)CCC(=CCC2OC3CCCCC3O2)CC1. The lowest BCUT2D eigenvalue weighted by Crippen LogP contribution is -2.25. The molecule has 108 valence electrons. The molecule has 0 bridgehead atoms. The minimum absolute atomic E-state index is 0.0375. The minimum Gasteiger partial charge on any atom is -0.346 e. The van der Waals surface area contributed by atoms with Gasteiger partial charge in [0.1, 0.15) is 0 Å². The standard InChI is InChI=1S/C17H28O2/c1-17(2)11-9-13(10-12-17)7-8-16-18-14-5-3-4-6-15(14)19-16/h7,14-16H,3-6,8-12H2,1-2H3. The van der Waals surface area contributed by atoms with Crippen molar-refractivity contribution in [3.8, 4) is 0 Å². The highest BCUT2D eigenvalue weighted by atomic mass is 16.7. The van der Waals surface area contributed by atoms with Gasteiger partial charge < -0.3 is 9.47 Å². The molecule has 3 fully saturated rings. The summed E-state index contributed by atoms with van der Waals surface area (Å²) in [5.74, 6) is 0. The first-order valence-electron chi connectivity index (χ1n) is 8.11. The molecule has 0 radical (unpaired) electrons. The maximum absolute atomic E-state index is 6.03. The fourth-order valence-electron chi connectivity index (χ4n) is 3.62. The van der Waals surface area contributed by atoms with Crippen molar-refractivity contribution in [1.29, 1.82) is 0 Å². The molecule has 3 rings (SSSR count). The van der Waals surface area contributed by atoms with E-state index in [0.717, 1.165) is 6.42 Å². The highest BCUT2D eigenvalue weighted by Gasteiger charge is 2.37. The highest BCUT2D eigenvalue weighted by molar-refractivity contribution is 5.07. The van der Waals surface area contributed by atoms with Crippen molar-refractivity contribution in [2.75, 3.05) is 0 Å². The van der Waals surface area contributed by atoms with E-state index >= 15 is 0 Å². The first-order valence-corrected chi connectivity index (χ1v) is 8.11. The van der Waals surface area contributed by atoms with Crippen molar-refractivity contribution in [3.63, 3.8) is 0 Å². The molecule has 2 atom stereocenters. The Morgan fingerprint density at radius 2 is 1.63 bits per heavy atom. The predicted molar refractivity (Wildman–Crippen MR) is 77.0 cm³/mol. The summed E-state index contributed by atoms with van der Waals surface area (Å²) >= 11 is 0. The van der Waals surface area contributed by atoms with Crippen LogP contribution in [0.15, 0.2) is 11.6 Å². The maximum atomic E-state index is 6.03. The number of hydrogen-bond donors (Lipinski definition) is 0. The van der Waals surface area contributed by atoms with E-state index in [-0.39, 0.29) is 6.29 Å². The molecule has 2 aliphatic carbocycles. The number of fused-ring (bicyclic) bond motifs is 1. The van der Waals surface area contributed by atoms with Gasteiger partial charge in [-0.25, -0.2) is 0 Å². The van der Waals surface area contributed by atoms with Gasteiger partial charge >= 0.3 is 0 Å². The van der Waals surface area contributed by atoms with Gasteiger partial charge in [0, 0.05) is 6.42 Å². The Hall–Kier alpha value is -0.340. The number of hydrogen-bond acceptors (Lipinski definition) is 2. The van der Waals surface area contributed by atoms with Crippen molar-refractivity contribution < 1.29 is 9.47 Å². The number of rotatable bonds is 2. The fourth-order valence-corrected chi connectivity index (χ4v) is 3.62. The Balaban J connectivity index is 1.48. The van der Waals surface area contributed by atoms with Crippen LogP contribution in [-0.4, -0.2) is 18.5 Å². The van der Waals surface area contributed by atoms with Gasteiger partial charge in [-0.1, -0.05) is 38.3 Å². The summed E-state index contributed by atoms with van der Waals surface area (Å²) in [6.45, 7) is 4.77. The quantitative estimate of drug-likeness (QED) is 0.679. The smallest absolute Gasteiger partial charge is 0.162 e. The molecule has 0 aromatic rings. The van der Waals surface area contributed by atoms with Gasteiger partial charge in [0.2, 0.25) is 0 Å². The van der Waals surface area contributed by atoms with E-state index in [9.17, 15) is 0 Å². The van der Waals surface area contributed by atoms with Gasteiger partial charge in [-0.3, -0.25) is 0 Å². The molecule has 0 aromatic heterocycles. The van der Waals surface area contributed by atoms with Crippen LogP contribution < -0.4 is 0 Å². The molecule has 0 amide bonds. The third kappa shape index (κ3) is 3.41. The predicted octanol–water partition coefficient (Wildman–Crippen LogP) is 4.59. The third-order valence-corrected chi connectivity index (χ3v) is 5.14. The van der Waals surface area contributed by atoms with Gasteiger partial charge in [0.05, 0.1) is 12.2 Å². The van der Waals surface area contributed by atoms with E-state index < -0.39 is 0 Å². The first kappa shape index (κ1) is 13.6. The average Bonchev–Trinajstić information content (AvgIpc) is 2.80. The van der Waals surface area contributed by atoms with E-state index in [4.69, 9.17) is 9.47 Å². The molecular weight excluding hydrogens is 236 g/mol. The van der Waals surface area contributed by atoms with Crippen LogP contribution >= 0.6 is 0 Å². The van der Waals surface area contributed by atoms with Crippen LogP contribution in [0.2, 0.25) is 0 Å². The van der Waals surface area contributed by atoms with E-state index in [1.54, 1.807) is 5.57 Å². The summed E-state index contributed by atoms with van der Waals surface area (Å²) in [5.41, 5.74) is 2.17. The zero-order valence-electron chi connectivity index (χ0n) is 12.5. The van der Waals surface area contributed by atoms with Gasteiger partial charge in [-0.15, -0.1) is 0 Å². The second-order valence-corrected chi connectivity index (χ2v) is 7.33. The first-order chi connectivity index (χ1) is 9.12. The van der Waals surface area contributed by atoms with Gasteiger partial charge in [-0.2, -0.15) is 0 Å². The summed E-state index contributed by atoms with van der Waals surface area (Å²) in [6, 6.07) is 0. The molecule has 1 heterocycles. The molecule has 2 heteroatoms. The van der Waals surface area contributed by atoms with Crippen LogP contribution in [0.4, 0.5) is 0 Å². The van der Waals surface area contributed by atoms with Crippen molar-refractivity contribution in [3.05, 3.63) is 11.6 Å². The van der Waals surface area contributed by atoms with E-state index in [1.807, 2.05) is 0 Å². The molecule has 0 N–H and O–H groups in total. The summed E-state index contributed by atoms with van der Waals surface area (Å²) < 4.78 is 12.1. The Morgan fingerprint density at radius 3 is 2.21 bits per heavy atom. The molecular formula is C17H28O2. The Morgan fingerprint density at radius 1 is 1.05 bits per heavy atom. The second-order valence-electron chi connectivity index (χ2n) is 7.33.